The minimum absolute atomic E-state index is 0.375. The van der Waals surface area contributed by atoms with E-state index in [9.17, 15) is 0 Å². The van der Waals surface area contributed by atoms with Gasteiger partial charge in [0.05, 0.1) is 0 Å². The van der Waals surface area contributed by atoms with Crippen LogP contribution >= 0.6 is 0 Å². The third kappa shape index (κ3) is 2.44. The van der Waals surface area contributed by atoms with Gasteiger partial charge >= 0.3 is 0 Å². The summed E-state index contributed by atoms with van der Waals surface area (Å²) in [6.45, 7) is 1.98. The molecule has 0 aliphatic carbocycles. The van der Waals surface area contributed by atoms with Crippen LogP contribution in [0.2, 0.25) is 0 Å². The maximum absolute atomic E-state index is 6.19. The Bertz CT molecular complexity index is 687. The number of aromatic nitrogens is 1. The average Bonchev–Trinajstić information content (AvgIpc) is 3.26. The highest BCUT2D eigenvalue weighted by molar-refractivity contribution is 5.76. The first-order valence-electron chi connectivity index (χ1n) is 7.74. The van der Waals surface area contributed by atoms with Crippen molar-refractivity contribution in [1.82, 2.24) is 10.3 Å². The Morgan fingerprint density at radius 2 is 1.59 bits per heavy atom. The van der Waals surface area contributed by atoms with Crippen LogP contribution in [-0.4, -0.2) is 18.1 Å². The van der Waals surface area contributed by atoms with Crippen molar-refractivity contribution in [3.05, 3.63) is 66.6 Å². The lowest BCUT2D eigenvalue weighted by molar-refractivity contribution is 0.467. The predicted octanol–water partition coefficient (Wildman–Crippen LogP) is 4.09. The van der Waals surface area contributed by atoms with Crippen molar-refractivity contribution in [1.29, 1.82) is 0 Å². The van der Waals surface area contributed by atoms with Gasteiger partial charge in [-0.15, -0.1) is 0 Å². The van der Waals surface area contributed by atoms with E-state index in [4.69, 9.17) is 9.40 Å². The summed E-state index contributed by atoms with van der Waals surface area (Å²) in [5.74, 6) is 2.09. The number of nitrogens with zero attached hydrogens (tertiary/aromatic N) is 1. The summed E-state index contributed by atoms with van der Waals surface area (Å²) >= 11 is 0. The van der Waals surface area contributed by atoms with Crippen LogP contribution in [0.3, 0.4) is 0 Å². The molecule has 22 heavy (non-hydrogen) atoms. The molecule has 3 nitrogen and oxygen atoms in total. The maximum Gasteiger partial charge on any atom is 0.199 e. The van der Waals surface area contributed by atoms with Gasteiger partial charge in [0.15, 0.2) is 11.7 Å². The molecular weight excluding hydrogens is 272 g/mol. The van der Waals surface area contributed by atoms with Crippen molar-refractivity contribution < 1.29 is 4.42 Å². The second kappa shape index (κ2) is 5.78. The van der Waals surface area contributed by atoms with Gasteiger partial charge in [0, 0.05) is 23.6 Å². The summed E-state index contributed by atoms with van der Waals surface area (Å²) in [5, 5.41) is 3.38. The first-order chi connectivity index (χ1) is 10.9. The molecule has 0 bridgehead atoms. The van der Waals surface area contributed by atoms with Gasteiger partial charge in [-0.2, -0.15) is 0 Å². The molecule has 4 rings (SSSR count). The van der Waals surface area contributed by atoms with Crippen LogP contribution in [-0.2, 0) is 0 Å². The molecule has 110 valence electrons. The Balaban J connectivity index is 1.84. The van der Waals surface area contributed by atoms with Gasteiger partial charge in [-0.1, -0.05) is 60.7 Å². The van der Waals surface area contributed by atoms with E-state index < -0.39 is 0 Å². The average molecular weight is 290 g/mol. The van der Waals surface area contributed by atoms with Crippen LogP contribution < -0.4 is 5.32 Å². The number of nitrogens with one attached hydrogen (secondary N) is 1. The van der Waals surface area contributed by atoms with E-state index in [2.05, 4.69) is 29.6 Å². The number of benzene rings is 2. The van der Waals surface area contributed by atoms with Crippen molar-refractivity contribution in [3.63, 3.8) is 0 Å². The fourth-order valence-electron chi connectivity index (χ4n) is 2.95. The second-order valence-corrected chi connectivity index (χ2v) is 5.65. The van der Waals surface area contributed by atoms with Gasteiger partial charge < -0.3 is 9.73 Å². The number of hydrogen-bond donors (Lipinski definition) is 1. The highest BCUT2D eigenvalue weighted by Gasteiger charge is 2.25. The van der Waals surface area contributed by atoms with Crippen molar-refractivity contribution in [3.8, 4) is 22.6 Å². The number of oxazole rings is 1. The van der Waals surface area contributed by atoms with Crippen LogP contribution in [0, 0.1) is 0 Å². The molecule has 1 N–H and O–H groups in total. The van der Waals surface area contributed by atoms with E-state index >= 15 is 0 Å². The molecule has 1 unspecified atom stereocenters. The van der Waals surface area contributed by atoms with Gasteiger partial charge in [-0.05, 0) is 13.0 Å². The first kappa shape index (κ1) is 13.3. The van der Waals surface area contributed by atoms with Gasteiger partial charge in [-0.3, -0.25) is 0 Å². The van der Waals surface area contributed by atoms with Crippen LogP contribution in [0.15, 0.2) is 65.1 Å². The summed E-state index contributed by atoms with van der Waals surface area (Å²) in [7, 11) is 0. The molecule has 2 aromatic carbocycles. The van der Waals surface area contributed by atoms with Crippen molar-refractivity contribution >= 4 is 0 Å². The first-order valence-corrected chi connectivity index (χ1v) is 7.74. The summed E-state index contributed by atoms with van der Waals surface area (Å²) in [5.41, 5.74) is 3.11. The fourth-order valence-corrected chi connectivity index (χ4v) is 2.95. The molecule has 3 aromatic rings. The molecule has 0 saturated carbocycles. The maximum atomic E-state index is 6.19. The quantitative estimate of drug-likeness (QED) is 0.789. The highest BCUT2D eigenvalue weighted by atomic mass is 16.4. The lowest BCUT2D eigenvalue weighted by Gasteiger charge is -2.01. The fraction of sp³-hybridized carbons (Fsp3) is 0.211. The second-order valence-electron chi connectivity index (χ2n) is 5.65. The molecule has 0 spiro atoms. The molecule has 0 radical (unpaired) electrons. The van der Waals surface area contributed by atoms with Crippen molar-refractivity contribution in [2.45, 2.75) is 12.3 Å². The van der Waals surface area contributed by atoms with E-state index in [0.29, 0.717) is 5.92 Å². The molecule has 2 heterocycles. The molecule has 1 saturated heterocycles. The number of hydrogen-bond acceptors (Lipinski definition) is 3. The third-order valence-corrected chi connectivity index (χ3v) is 4.14. The standard InChI is InChI=1S/C19H18N2O/c1-3-7-14(8-4-1)17-18(15-9-5-2-6-10-15)22-19(21-17)16-11-12-20-13-16/h1-10,16,20H,11-13H2. The van der Waals surface area contributed by atoms with Crippen molar-refractivity contribution in [2.75, 3.05) is 13.1 Å². The zero-order valence-electron chi connectivity index (χ0n) is 12.3. The molecule has 1 atom stereocenters. The molecule has 1 fully saturated rings. The minimum atomic E-state index is 0.375. The SMILES string of the molecule is c1ccc(-c2nc(C3CCNC3)oc2-c2ccccc2)cc1. The Labute approximate surface area is 130 Å². The normalized spacial score (nSPS) is 17.7. The Kier molecular flexibility index (Phi) is 3.49. The minimum Gasteiger partial charge on any atom is -0.440 e. The molecule has 3 heteroatoms. The molecule has 1 aliphatic rings. The van der Waals surface area contributed by atoms with Crippen molar-refractivity contribution in [2.24, 2.45) is 0 Å². The van der Waals surface area contributed by atoms with E-state index in [-0.39, 0.29) is 0 Å². The Hall–Kier alpha value is -2.39. The van der Waals surface area contributed by atoms with Gasteiger partial charge in [0.1, 0.15) is 5.69 Å². The lowest BCUT2D eigenvalue weighted by atomic mass is 10.1. The summed E-state index contributed by atoms with van der Waals surface area (Å²) in [6.07, 6.45) is 1.09. The van der Waals surface area contributed by atoms with Crippen LogP contribution in [0.25, 0.3) is 22.6 Å². The molecule has 1 aliphatic heterocycles. The van der Waals surface area contributed by atoms with Crippen LogP contribution in [0.4, 0.5) is 0 Å². The van der Waals surface area contributed by atoms with E-state index in [1.54, 1.807) is 0 Å². The van der Waals surface area contributed by atoms with E-state index in [0.717, 1.165) is 48.0 Å². The Morgan fingerprint density at radius 3 is 2.23 bits per heavy atom. The molecule has 0 amide bonds. The smallest absolute Gasteiger partial charge is 0.199 e. The summed E-state index contributed by atoms with van der Waals surface area (Å²) in [4.78, 5) is 4.83. The highest BCUT2D eigenvalue weighted by Crippen LogP contribution is 2.35. The van der Waals surface area contributed by atoms with Gasteiger partial charge in [0.2, 0.25) is 0 Å². The van der Waals surface area contributed by atoms with E-state index in [1.807, 2.05) is 36.4 Å². The number of rotatable bonds is 3. The summed E-state index contributed by atoms with van der Waals surface area (Å²) in [6, 6.07) is 20.5. The molecule has 1 aromatic heterocycles. The van der Waals surface area contributed by atoms with Gasteiger partial charge in [-0.25, -0.2) is 4.98 Å². The predicted molar refractivity (Wildman–Crippen MR) is 87.6 cm³/mol. The van der Waals surface area contributed by atoms with Gasteiger partial charge in [0.25, 0.3) is 0 Å². The third-order valence-electron chi connectivity index (χ3n) is 4.14. The van der Waals surface area contributed by atoms with Crippen LogP contribution in [0.1, 0.15) is 18.2 Å². The zero-order valence-corrected chi connectivity index (χ0v) is 12.3. The molecular formula is C19H18N2O. The topological polar surface area (TPSA) is 38.1 Å². The monoisotopic (exact) mass is 290 g/mol. The van der Waals surface area contributed by atoms with E-state index in [1.165, 1.54) is 0 Å². The lowest BCUT2D eigenvalue weighted by Crippen LogP contribution is -2.08. The summed E-state index contributed by atoms with van der Waals surface area (Å²) < 4.78 is 6.19. The zero-order chi connectivity index (χ0) is 14.8. The Morgan fingerprint density at radius 1 is 0.909 bits per heavy atom. The van der Waals surface area contributed by atoms with Crippen LogP contribution in [0.5, 0.6) is 0 Å². The largest absolute Gasteiger partial charge is 0.440 e.